The molecule has 2 aromatic carbocycles. The number of ether oxygens (including phenoxy) is 1. The molecule has 0 bridgehead atoms. The summed E-state index contributed by atoms with van der Waals surface area (Å²) in [6, 6.07) is 9.51. The largest absolute Gasteiger partial charge is 0.496 e. The molecule has 0 fully saturated rings. The van der Waals surface area contributed by atoms with Crippen LogP contribution in [0, 0.1) is 11.7 Å². The van der Waals surface area contributed by atoms with Gasteiger partial charge in [-0.3, -0.25) is 0 Å². The monoisotopic (exact) mass is 451 g/mol. The lowest BCUT2D eigenvalue weighted by Gasteiger charge is -2.38. The fourth-order valence-electron chi connectivity index (χ4n) is 3.88. The van der Waals surface area contributed by atoms with Gasteiger partial charge in [0.2, 0.25) is 0 Å². The minimum absolute atomic E-state index is 0.000579. The third-order valence-corrected chi connectivity index (χ3v) is 5.86. The molecule has 0 spiro atoms. The van der Waals surface area contributed by atoms with Gasteiger partial charge >= 0.3 is 0 Å². The van der Waals surface area contributed by atoms with Crippen LogP contribution in [0.15, 0.2) is 51.4 Å². The van der Waals surface area contributed by atoms with Gasteiger partial charge in [-0.25, -0.2) is 4.39 Å². The Labute approximate surface area is 157 Å². The van der Waals surface area contributed by atoms with Gasteiger partial charge in [-0.15, -0.1) is 0 Å². The number of hydrogen-bond acceptors (Lipinski definition) is 2. The molecule has 3 atom stereocenters. The first kappa shape index (κ1) is 16.2. The normalized spacial score (nSPS) is 24.2. The first-order chi connectivity index (χ1) is 11.6. The molecule has 1 heterocycles. The predicted octanol–water partition coefficient (Wildman–Crippen LogP) is 6.19. The Morgan fingerprint density at radius 2 is 1.92 bits per heavy atom. The van der Waals surface area contributed by atoms with Crippen LogP contribution in [0.3, 0.4) is 0 Å². The lowest BCUT2D eigenvalue weighted by atomic mass is 9.77. The summed E-state index contributed by atoms with van der Waals surface area (Å²) >= 11 is 6.95. The van der Waals surface area contributed by atoms with Gasteiger partial charge in [0.25, 0.3) is 0 Å². The maximum atomic E-state index is 14.6. The molecule has 3 unspecified atom stereocenters. The second kappa shape index (κ2) is 6.19. The number of benzene rings is 2. The Morgan fingerprint density at radius 3 is 2.71 bits per heavy atom. The van der Waals surface area contributed by atoms with Gasteiger partial charge in [0.05, 0.1) is 18.8 Å². The van der Waals surface area contributed by atoms with E-state index >= 15 is 0 Å². The molecule has 2 aliphatic rings. The van der Waals surface area contributed by atoms with E-state index in [-0.39, 0.29) is 17.8 Å². The number of methoxy groups -OCH3 is 1. The minimum Gasteiger partial charge on any atom is -0.496 e. The quantitative estimate of drug-likeness (QED) is 0.548. The molecule has 1 aliphatic heterocycles. The van der Waals surface area contributed by atoms with E-state index in [9.17, 15) is 4.39 Å². The van der Waals surface area contributed by atoms with Crippen LogP contribution in [0.2, 0.25) is 0 Å². The predicted molar refractivity (Wildman–Crippen MR) is 101 cm³/mol. The minimum atomic E-state index is -0.225. The van der Waals surface area contributed by atoms with Gasteiger partial charge in [-0.05, 0) is 48.2 Å². The summed E-state index contributed by atoms with van der Waals surface area (Å²) in [4.78, 5) is 0. The van der Waals surface area contributed by atoms with E-state index in [1.807, 2.05) is 18.2 Å². The fourth-order valence-corrected chi connectivity index (χ4v) is 4.70. The number of fused-ring (bicyclic) bond motifs is 3. The maximum Gasteiger partial charge on any atom is 0.147 e. The first-order valence-electron chi connectivity index (χ1n) is 7.84. The summed E-state index contributed by atoms with van der Waals surface area (Å²) in [7, 11) is 1.67. The summed E-state index contributed by atoms with van der Waals surface area (Å²) in [6.45, 7) is 0. The number of rotatable bonds is 2. The summed E-state index contributed by atoms with van der Waals surface area (Å²) in [5.41, 5.74) is 2.67. The lowest BCUT2D eigenvalue weighted by Crippen LogP contribution is -2.30. The highest BCUT2D eigenvalue weighted by molar-refractivity contribution is 9.10. The van der Waals surface area contributed by atoms with Crippen LogP contribution >= 0.6 is 31.9 Å². The Morgan fingerprint density at radius 1 is 1.12 bits per heavy atom. The van der Waals surface area contributed by atoms with Crippen LogP contribution in [-0.2, 0) is 0 Å². The van der Waals surface area contributed by atoms with Gasteiger partial charge in [0.15, 0.2) is 0 Å². The third-order valence-electron chi connectivity index (χ3n) is 4.91. The van der Waals surface area contributed by atoms with Gasteiger partial charge in [0.1, 0.15) is 11.6 Å². The molecule has 0 saturated heterocycles. The Balaban J connectivity index is 1.86. The number of hydrogen-bond donors (Lipinski definition) is 1. The average Bonchev–Trinajstić information content (AvgIpc) is 3.04. The van der Waals surface area contributed by atoms with Crippen molar-refractivity contribution >= 4 is 37.5 Å². The van der Waals surface area contributed by atoms with Crippen molar-refractivity contribution in [2.45, 2.75) is 18.4 Å². The van der Waals surface area contributed by atoms with Crippen molar-refractivity contribution in [1.82, 2.24) is 0 Å². The highest BCUT2D eigenvalue weighted by atomic mass is 79.9. The van der Waals surface area contributed by atoms with Crippen molar-refractivity contribution in [3.63, 3.8) is 0 Å². The van der Waals surface area contributed by atoms with Gasteiger partial charge < -0.3 is 10.1 Å². The molecule has 1 aliphatic carbocycles. The molecule has 0 radical (unpaired) electrons. The number of anilines is 1. The molecule has 0 saturated carbocycles. The van der Waals surface area contributed by atoms with Crippen molar-refractivity contribution in [1.29, 1.82) is 0 Å². The number of nitrogens with one attached hydrogen (secondary N) is 1. The molecule has 5 heteroatoms. The van der Waals surface area contributed by atoms with E-state index in [1.54, 1.807) is 7.11 Å². The Bertz CT molecular complexity index is 836. The zero-order valence-corrected chi connectivity index (χ0v) is 16.2. The zero-order valence-electron chi connectivity index (χ0n) is 13.0. The summed E-state index contributed by atoms with van der Waals surface area (Å²) in [5, 5.41) is 3.45. The van der Waals surface area contributed by atoms with Crippen LogP contribution in [0.4, 0.5) is 10.1 Å². The third kappa shape index (κ3) is 2.58. The number of allylic oxidation sites excluding steroid dienone is 2. The van der Waals surface area contributed by atoms with E-state index in [0.717, 1.165) is 32.2 Å². The lowest BCUT2D eigenvalue weighted by molar-refractivity contribution is 0.379. The molecule has 4 rings (SSSR count). The number of halogens is 3. The molecular weight excluding hydrogens is 437 g/mol. The summed E-state index contributed by atoms with van der Waals surface area (Å²) < 4.78 is 21.9. The van der Waals surface area contributed by atoms with E-state index in [1.165, 1.54) is 6.07 Å². The molecular formula is C19H16Br2FNO. The van der Waals surface area contributed by atoms with Gasteiger partial charge in [-0.1, -0.05) is 44.0 Å². The van der Waals surface area contributed by atoms with Crippen molar-refractivity contribution in [3.05, 3.63) is 68.4 Å². The smallest absolute Gasteiger partial charge is 0.147 e. The van der Waals surface area contributed by atoms with Crippen molar-refractivity contribution in [2.75, 3.05) is 12.4 Å². The van der Waals surface area contributed by atoms with Crippen LogP contribution in [0.25, 0.3) is 0 Å². The Kier molecular flexibility index (Phi) is 4.17. The van der Waals surface area contributed by atoms with Crippen LogP contribution in [-0.4, -0.2) is 7.11 Å². The van der Waals surface area contributed by atoms with Crippen molar-refractivity contribution in [3.8, 4) is 5.75 Å². The molecule has 0 amide bonds. The summed E-state index contributed by atoms with van der Waals surface area (Å²) in [5.74, 6) is 1.15. The van der Waals surface area contributed by atoms with Crippen LogP contribution in [0.5, 0.6) is 5.75 Å². The van der Waals surface area contributed by atoms with Gasteiger partial charge in [-0.2, -0.15) is 0 Å². The second-order valence-electron chi connectivity index (χ2n) is 6.21. The average molecular weight is 453 g/mol. The molecule has 2 aromatic rings. The molecule has 0 aromatic heterocycles. The topological polar surface area (TPSA) is 21.3 Å². The van der Waals surface area contributed by atoms with E-state index < -0.39 is 0 Å². The fraction of sp³-hybridized carbons (Fsp3) is 0.263. The SMILES string of the molecule is COc1ccc(Br)cc1C1Nc2c(F)cc(Br)cc2C2C=CCC21. The molecule has 24 heavy (non-hydrogen) atoms. The van der Waals surface area contributed by atoms with Crippen LogP contribution < -0.4 is 10.1 Å². The molecule has 2 nitrogen and oxygen atoms in total. The van der Waals surface area contributed by atoms with E-state index in [4.69, 9.17) is 4.74 Å². The maximum absolute atomic E-state index is 14.6. The highest BCUT2D eigenvalue weighted by Gasteiger charge is 2.40. The Hall–Kier alpha value is -1.33. The standard InChI is InChI=1S/C19H16Br2FNO/c1-24-17-6-5-10(20)7-15(17)18-13-4-2-3-12(13)14-8-11(21)9-16(22)19(14)23-18/h2-3,5-9,12-13,18,23H,4H2,1H3. The van der Waals surface area contributed by atoms with Crippen molar-refractivity contribution in [2.24, 2.45) is 5.92 Å². The van der Waals surface area contributed by atoms with Crippen molar-refractivity contribution < 1.29 is 9.13 Å². The van der Waals surface area contributed by atoms with E-state index in [0.29, 0.717) is 11.6 Å². The zero-order chi connectivity index (χ0) is 16.8. The first-order valence-corrected chi connectivity index (χ1v) is 9.42. The van der Waals surface area contributed by atoms with Crippen LogP contribution in [0.1, 0.15) is 29.5 Å². The molecule has 1 N–H and O–H groups in total. The second-order valence-corrected chi connectivity index (χ2v) is 8.04. The van der Waals surface area contributed by atoms with Gasteiger partial charge in [0, 0.05) is 20.4 Å². The summed E-state index contributed by atoms with van der Waals surface area (Å²) in [6.07, 6.45) is 5.36. The van der Waals surface area contributed by atoms with E-state index in [2.05, 4.69) is 55.4 Å². The molecule has 124 valence electrons. The highest BCUT2D eigenvalue weighted by Crippen LogP contribution is 2.52.